The molecule has 2 aliphatic rings. The highest BCUT2D eigenvalue weighted by atomic mass is 16.5. The van der Waals surface area contributed by atoms with E-state index >= 15 is 0 Å². The minimum Gasteiger partial charge on any atom is -0.474 e. The number of imidazole rings is 1. The van der Waals surface area contributed by atoms with E-state index in [4.69, 9.17) is 19.2 Å². The van der Waals surface area contributed by atoms with Gasteiger partial charge in [0.1, 0.15) is 24.4 Å². The molecule has 220 valence electrons. The van der Waals surface area contributed by atoms with Crippen molar-refractivity contribution in [1.29, 1.82) is 0 Å². The number of amides is 1. The Morgan fingerprint density at radius 3 is 2.57 bits per heavy atom. The van der Waals surface area contributed by atoms with Gasteiger partial charge in [-0.1, -0.05) is 0 Å². The van der Waals surface area contributed by atoms with Gasteiger partial charge in [0.25, 0.3) is 0 Å². The number of fused-ring (bicyclic) bond motifs is 1. The van der Waals surface area contributed by atoms with Gasteiger partial charge in [0.05, 0.1) is 47.9 Å². The molecule has 1 aliphatic carbocycles. The standard InChI is InChI=1S/C29H35N9O4/c1-19-32-17-22(37(19)2)18-41-29(39)35-21-14-24-25(33-16-21)15-26(38-10-12-40-13-11-38)36-27(24)42-23-6-4-20(5-7-23)34-28-30-8-3-9-31-28/h3,8-9,14-17,20,23H,4-7,10-13,18H2,1-2H3,(H,35,39)(H,30,31,34)/t20-,23+. The van der Waals surface area contributed by atoms with Crippen LogP contribution in [0.5, 0.6) is 5.88 Å². The Balaban J connectivity index is 1.17. The zero-order valence-electron chi connectivity index (χ0n) is 23.8. The SMILES string of the molecule is Cc1ncc(COC(=O)Nc2cnc3cc(N4CCOCC4)nc(O[C@H]4CC[C@@H](Nc5ncccn5)CC4)c3c2)n1C. The molecule has 0 atom stereocenters. The smallest absolute Gasteiger partial charge is 0.412 e. The van der Waals surface area contributed by atoms with Crippen molar-refractivity contribution in [2.75, 3.05) is 41.8 Å². The quantitative estimate of drug-likeness (QED) is 0.317. The first-order chi connectivity index (χ1) is 20.5. The number of hydrogen-bond acceptors (Lipinski definition) is 11. The summed E-state index contributed by atoms with van der Waals surface area (Å²) in [4.78, 5) is 37.2. The van der Waals surface area contributed by atoms with E-state index in [0.717, 1.165) is 67.0 Å². The van der Waals surface area contributed by atoms with E-state index < -0.39 is 6.09 Å². The Morgan fingerprint density at radius 2 is 1.83 bits per heavy atom. The van der Waals surface area contributed by atoms with Gasteiger partial charge >= 0.3 is 6.09 Å². The van der Waals surface area contributed by atoms with Gasteiger partial charge in [0.2, 0.25) is 11.8 Å². The summed E-state index contributed by atoms with van der Waals surface area (Å²) in [5.74, 6) is 2.80. The molecule has 0 aromatic carbocycles. The second-order valence-electron chi connectivity index (χ2n) is 10.5. The predicted molar refractivity (Wildman–Crippen MR) is 157 cm³/mol. The first-order valence-corrected chi connectivity index (χ1v) is 14.3. The molecule has 1 aliphatic heterocycles. The van der Waals surface area contributed by atoms with E-state index in [1.54, 1.807) is 30.9 Å². The highest BCUT2D eigenvalue weighted by molar-refractivity contribution is 5.92. The number of hydrogen-bond donors (Lipinski definition) is 2. The van der Waals surface area contributed by atoms with E-state index in [0.29, 0.717) is 30.7 Å². The minimum atomic E-state index is -0.580. The number of ether oxygens (including phenoxy) is 3. The number of rotatable bonds is 8. The molecule has 42 heavy (non-hydrogen) atoms. The molecule has 0 bridgehead atoms. The average molecular weight is 574 g/mol. The lowest BCUT2D eigenvalue weighted by Gasteiger charge is -2.31. The van der Waals surface area contributed by atoms with Crippen LogP contribution < -0.4 is 20.3 Å². The summed E-state index contributed by atoms with van der Waals surface area (Å²) >= 11 is 0. The second-order valence-corrected chi connectivity index (χ2v) is 10.5. The molecular weight excluding hydrogens is 538 g/mol. The van der Waals surface area contributed by atoms with Gasteiger partial charge in [0, 0.05) is 44.6 Å². The summed E-state index contributed by atoms with van der Waals surface area (Å²) in [6.07, 6.45) is 9.79. The third kappa shape index (κ3) is 6.51. The van der Waals surface area contributed by atoms with Crippen LogP contribution in [0.2, 0.25) is 0 Å². The Kier molecular flexibility index (Phi) is 8.26. The summed E-state index contributed by atoms with van der Waals surface area (Å²) in [5.41, 5.74) is 2.04. The normalized spacial score (nSPS) is 19.0. The lowest BCUT2D eigenvalue weighted by atomic mass is 9.93. The number of carbonyl (C=O) groups is 1. The number of carbonyl (C=O) groups excluding carboxylic acids is 1. The highest BCUT2D eigenvalue weighted by Gasteiger charge is 2.25. The van der Waals surface area contributed by atoms with E-state index in [1.165, 1.54) is 0 Å². The number of anilines is 3. The molecule has 0 spiro atoms. The van der Waals surface area contributed by atoms with E-state index in [1.807, 2.05) is 30.7 Å². The Morgan fingerprint density at radius 1 is 1.05 bits per heavy atom. The molecule has 6 rings (SSSR count). The number of morpholine rings is 1. The molecule has 0 unspecified atom stereocenters. The Hall–Kier alpha value is -4.52. The first-order valence-electron chi connectivity index (χ1n) is 14.3. The lowest BCUT2D eigenvalue weighted by Crippen LogP contribution is -2.37. The van der Waals surface area contributed by atoms with Crippen LogP contribution in [0.15, 0.2) is 43.0 Å². The lowest BCUT2D eigenvalue weighted by molar-refractivity contribution is 0.122. The van der Waals surface area contributed by atoms with Gasteiger partial charge in [-0.25, -0.2) is 19.7 Å². The van der Waals surface area contributed by atoms with Crippen molar-refractivity contribution in [2.45, 2.75) is 51.4 Å². The maximum atomic E-state index is 12.6. The van der Waals surface area contributed by atoms with Crippen LogP contribution >= 0.6 is 0 Å². The van der Waals surface area contributed by atoms with Crippen molar-refractivity contribution >= 4 is 34.4 Å². The molecule has 2 fully saturated rings. The molecule has 0 radical (unpaired) electrons. The van der Waals surface area contributed by atoms with E-state index in [-0.39, 0.29) is 18.8 Å². The molecule has 13 heteroatoms. The Labute approximate surface area is 243 Å². The number of nitrogens with one attached hydrogen (secondary N) is 2. The molecular formula is C29H35N9O4. The fraction of sp³-hybridized carbons (Fsp3) is 0.448. The summed E-state index contributed by atoms with van der Waals surface area (Å²) in [7, 11) is 1.88. The zero-order chi connectivity index (χ0) is 28.9. The topological polar surface area (TPSA) is 141 Å². The maximum absolute atomic E-state index is 12.6. The average Bonchev–Trinajstić information content (AvgIpc) is 3.34. The van der Waals surface area contributed by atoms with Gasteiger partial charge in [-0.2, -0.15) is 4.98 Å². The van der Waals surface area contributed by atoms with Crippen LogP contribution in [0.25, 0.3) is 10.9 Å². The van der Waals surface area contributed by atoms with Crippen molar-refractivity contribution < 1.29 is 19.0 Å². The summed E-state index contributed by atoms with van der Waals surface area (Å²) < 4.78 is 19.4. The summed E-state index contributed by atoms with van der Waals surface area (Å²) in [5, 5.41) is 6.93. The predicted octanol–water partition coefficient (Wildman–Crippen LogP) is 3.85. The molecule has 4 aromatic heterocycles. The van der Waals surface area contributed by atoms with Crippen LogP contribution in [-0.4, -0.2) is 74.0 Å². The number of pyridine rings is 2. The van der Waals surface area contributed by atoms with Gasteiger partial charge in [-0.15, -0.1) is 0 Å². The van der Waals surface area contributed by atoms with E-state index in [2.05, 4.69) is 35.5 Å². The van der Waals surface area contributed by atoms with Crippen molar-refractivity contribution in [2.24, 2.45) is 7.05 Å². The van der Waals surface area contributed by atoms with Crippen molar-refractivity contribution in [3.8, 4) is 5.88 Å². The first kappa shape index (κ1) is 27.6. The molecule has 2 N–H and O–H groups in total. The van der Waals surface area contributed by atoms with Crippen LogP contribution in [0.4, 0.5) is 22.2 Å². The molecule has 1 saturated carbocycles. The van der Waals surface area contributed by atoms with Crippen LogP contribution in [0.1, 0.15) is 37.2 Å². The molecule has 4 aromatic rings. The van der Waals surface area contributed by atoms with Crippen LogP contribution in [0.3, 0.4) is 0 Å². The Bertz CT molecular complexity index is 1520. The molecule has 5 heterocycles. The van der Waals surface area contributed by atoms with Gasteiger partial charge in [0.15, 0.2) is 0 Å². The minimum absolute atomic E-state index is 0.000636. The number of aryl methyl sites for hydroxylation is 1. The third-order valence-electron chi connectivity index (χ3n) is 7.73. The molecule has 13 nitrogen and oxygen atoms in total. The molecule has 1 amide bonds. The number of nitrogens with zero attached hydrogens (tertiary/aromatic N) is 7. The highest BCUT2D eigenvalue weighted by Crippen LogP contribution is 2.33. The van der Waals surface area contributed by atoms with Crippen LogP contribution in [0, 0.1) is 6.92 Å². The van der Waals surface area contributed by atoms with Crippen molar-refractivity contribution in [3.63, 3.8) is 0 Å². The zero-order valence-corrected chi connectivity index (χ0v) is 23.8. The third-order valence-corrected chi connectivity index (χ3v) is 7.73. The van der Waals surface area contributed by atoms with Gasteiger partial charge in [-0.3, -0.25) is 10.3 Å². The largest absolute Gasteiger partial charge is 0.474 e. The molecule has 1 saturated heterocycles. The second kappa shape index (κ2) is 12.6. The van der Waals surface area contributed by atoms with Crippen LogP contribution in [-0.2, 0) is 23.1 Å². The van der Waals surface area contributed by atoms with Gasteiger partial charge < -0.3 is 29.0 Å². The summed E-state index contributed by atoms with van der Waals surface area (Å²) in [6.45, 7) is 4.79. The van der Waals surface area contributed by atoms with Crippen molar-refractivity contribution in [3.05, 3.63) is 54.5 Å². The monoisotopic (exact) mass is 573 g/mol. The van der Waals surface area contributed by atoms with Gasteiger partial charge in [-0.05, 0) is 44.7 Å². The number of aromatic nitrogens is 6. The fourth-order valence-corrected chi connectivity index (χ4v) is 5.21. The van der Waals surface area contributed by atoms with E-state index in [9.17, 15) is 4.79 Å². The maximum Gasteiger partial charge on any atom is 0.412 e. The summed E-state index contributed by atoms with van der Waals surface area (Å²) in [6, 6.07) is 5.89. The fourth-order valence-electron chi connectivity index (χ4n) is 5.21. The van der Waals surface area contributed by atoms with Crippen molar-refractivity contribution in [1.82, 2.24) is 29.5 Å².